The van der Waals surface area contributed by atoms with Crippen molar-refractivity contribution in [3.8, 4) is 6.07 Å². The van der Waals surface area contributed by atoms with E-state index in [1.54, 1.807) is 12.3 Å². The molecular weight excluding hydrogens is 426 g/mol. The van der Waals surface area contributed by atoms with Crippen LogP contribution in [-0.2, 0) is 0 Å². The molecule has 0 radical (unpaired) electrons. The molecule has 1 aromatic carbocycles. The Labute approximate surface area is 179 Å². The molecule has 1 N–H and O–H groups in total. The molecule has 0 bridgehead atoms. The molecule has 3 heterocycles. The van der Waals surface area contributed by atoms with Crippen molar-refractivity contribution < 1.29 is 0 Å². The molecule has 0 amide bonds. The maximum atomic E-state index is 8.95. The molecule has 1 unspecified atom stereocenters. The summed E-state index contributed by atoms with van der Waals surface area (Å²) in [4.78, 5) is 11.8. The Bertz CT molecular complexity index is 1060. The van der Waals surface area contributed by atoms with E-state index in [1.807, 2.05) is 12.1 Å². The highest BCUT2D eigenvalue weighted by Gasteiger charge is 2.24. The van der Waals surface area contributed by atoms with Crippen molar-refractivity contribution in [1.82, 2.24) is 9.97 Å². The van der Waals surface area contributed by atoms with Crippen molar-refractivity contribution in [1.29, 1.82) is 5.26 Å². The molecule has 3 aromatic rings. The topological polar surface area (TPSA) is 64.8 Å². The van der Waals surface area contributed by atoms with Crippen LogP contribution in [-0.4, -0.2) is 29.1 Å². The molecular formula is C23H24BrN5. The highest BCUT2D eigenvalue weighted by Crippen LogP contribution is 2.32. The summed E-state index contributed by atoms with van der Waals surface area (Å²) >= 11 is 3.57. The fraction of sp³-hybridized carbons (Fsp3) is 0.348. The maximum absolute atomic E-state index is 8.95. The van der Waals surface area contributed by atoms with Gasteiger partial charge in [0.25, 0.3) is 0 Å². The number of aromatic nitrogens is 2. The lowest BCUT2D eigenvalue weighted by Gasteiger charge is -2.36. The van der Waals surface area contributed by atoms with E-state index in [9.17, 15) is 0 Å². The Kier molecular flexibility index (Phi) is 5.68. The largest absolute Gasteiger partial charge is 0.366 e. The van der Waals surface area contributed by atoms with Gasteiger partial charge in [0.1, 0.15) is 17.7 Å². The first-order valence-corrected chi connectivity index (χ1v) is 10.8. The standard InChI is InChI=1S/C23H24BrN5/c1-15(2)20-11-17-10-18(24)6-7-21(17)28-23(20)29-9-3-4-19(14-29)27-22-8-5-16(12-25)13-26-22/h5-8,10-11,13,15,19H,3-4,9,14H2,1-2H3,(H,26,27). The van der Waals surface area contributed by atoms with Crippen molar-refractivity contribution in [2.45, 2.75) is 38.6 Å². The molecule has 1 aliphatic rings. The molecule has 4 rings (SSSR count). The summed E-state index contributed by atoms with van der Waals surface area (Å²) in [6.07, 6.45) is 3.81. The highest BCUT2D eigenvalue weighted by atomic mass is 79.9. The summed E-state index contributed by atoms with van der Waals surface area (Å²) in [7, 11) is 0. The van der Waals surface area contributed by atoms with Gasteiger partial charge in [-0.15, -0.1) is 0 Å². The first-order valence-electron chi connectivity index (χ1n) is 10.0. The third kappa shape index (κ3) is 4.35. The van der Waals surface area contributed by atoms with Gasteiger partial charge < -0.3 is 10.2 Å². The van der Waals surface area contributed by atoms with Gasteiger partial charge in [0.05, 0.1) is 11.1 Å². The van der Waals surface area contributed by atoms with Crippen LogP contribution in [0.5, 0.6) is 0 Å². The van der Waals surface area contributed by atoms with Gasteiger partial charge in [-0.05, 0) is 60.7 Å². The van der Waals surface area contributed by atoms with Crippen molar-refractivity contribution in [3.63, 3.8) is 0 Å². The molecule has 148 valence electrons. The smallest absolute Gasteiger partial charge is 0.132 e. The van der Waals surface area contributed by atoms with Crippen molar-refractivity contribution >= 4 is 38.5 Å². The lowest BCUT2D eigenvalue weighted by atomic mass is 9.99. The van der Waals surface area contributed by atoms with Crippen LogP contribution in [0.4, 0.5) is 11.6 Å². The van der Waals surface area contributed by atoms with E-state index in [0.717, 1.165) is 47.6 Å². The number of piperidine rings is 1. The number of fused-ring (bicyclic) bond motifs is 1. The van der Waals surface area contributed by atoms with Crippen LogP contribution in [0.2, 0.25) is 0 Å². The Morgan fingerprint density at radius 3 is 2.83 bits per heavy atom. The van der Waals surface area contributed by atoms with Crippen LogP contribution in [0.15, 0.2) is 47.1 Å². The van der Waals surface area contributed by atoms with E-state index in [4.69, 9.17) is 10.2 Å². The van der Waals surface area contributed by atoms with Crippen LogP contribution in [0, 0.1) is 11.3 Å². The summed E-state index contributed by atoms with van der Waals surface area (Å²) in [5, 5.41) is 13.6. The number of anilines is 2. The summed E-state index contributed by atoms with van der Waals surface area (Å²) in [6, 6.07) is 14.6. The number of nitrogens with one attached hydrogen (secondary N) is 1. The monoisotopic (exact) mass is 449 g/mol. The predicted octanol–water partition coefficient (Wildman–Crippen LogP) is 5.47. The number of pyridine rings is 2. The summed E-state index contributed by atoms with van der Waals surface area (Å²) in [6.45, 7) is 6.35. The number of nitrogens with zero attached hydrogens (tertiary/aromatic N) is 4. The lowest BCUT2D eigenvalue weighted by molar-refractivity contribution is 0.524. The second-order valence-corrected chi connectivity index (χ2v) is 8.78. The normalized spacial score (nSPS) is 16.8. The molecule has 5 nitrogen and oxygen atoms in total. The molecule has 2 aromatic heterocycles. The van der Waals surface area contributed by atoms with Gasteiger partial charge >= 0.3 is 0 Å². The van der Waals surface area contributed by atoms with Crippen LogP contribution in [0.3, 0.4) is 0 Å². The van der Waals surface area contributed by atoms with E-state index >= 15 is 0 Å². The molecule has 1 atom stereocenters. The summed E-state index contributed by atoms with van der Waals surface area (Å²) < 4.78 is 1.08. The van der Waals surface area contributed by atoms with E-state index in [0.29, 0.717) is 17.5 Å². The van der Waals surface area contributed by atoms with E-state index in [2.05, 4.69) is 69.2 Å². The van der Waals surface area contributed by atoms with Gasteiger partial charge in [0, 0.05) is 35.2 Å². The van der Waals surface area contributed by atoms with Gasteiger partial charge in [0.15, 0.2) is 0 Å². The minimum atomic E-state index is 0.298. The zero-order chi connectivity index (χ0) is 20.4. The quantitative estimate of drug-likeness (QED) is 0.571. The molecule has 6 heteroatoms. The number of hydrogen-bond donors (Lipinski definition) is 1. The van der Waals surface area contributed by atoms with Gasteiger partial charge in [-0.2, -0.15) is 5.26 Å². The molecule has 0 spiro atoms. The zero-order valence-electron chi connectivity index (χ0n) is 16.7. The third-order valence-corrected chi connectivity index (χ3v) is 5.87. The average molecular weight is 450 g/mol. The highest BCUT2D eigenvalue weighted by molar-refractivity contribution is 9.10. The Morgan fingerprint density at radius 1 is 1.24 bits per heavy atom. The SMILES string of the molecule is CC(C)c1cc2cc(Br)ccc2nc1N1CCCC(Nc2ccc(C#N)cn2)C1. The molecule has 0 saturated carbocycles. The first kappa shape index (κ1) is 19.7. The molecule has 1 aliphatic heterocycles. The zero-order valence-corrected chi connectivity index (χ0v) is 18.3. The van der Waals surface area contributed by atoms with Gasteiger partial charge in [-0.25, -0.2) is 9.97 Å². The second-order valence-electron chi connectivity index (χ2n) is 7.87. The summed E-state index contributed by atoms with van der Waals surface area (Å²) in [5.74, 6) is 2.31. The van der Waals surface area contributed by atoms with Crippen molar-refractivity contribution in [2.24, 2.45) is 0 Å². The van der Waals surface area contributed by atoms with Crippen molar-refractivity contribution in [3.05, 3.63) is 58.2 Å². The maximum Gasteiger partial charge on any atom is 0.132 e. The molecule has 1 saturated heterocycles. The number of hydrogen-bond acceptors (Lipinski definition) is 5. The Morgan fingerprint density at radius 2 is 2.10 bits per heavy atom. The van der Waals surface area contributed by atoms with Crippen LogP contribution in [0.25, 0.3) is 10.9 Å². The summed E-state index contributed by atoms with van der Waals surface area (Å²) in [5.41, 5.74) is 2.89. The van der Waals surface area contributed by atoms with Gasteiger partial charge in [0.2, 0.25) is 0 Å². The van der Waals surface area contributed by atoms with Gasteiger partial charge in [-0.1, -0.05) is 29.8 Å². The lowest BCUT2D eigenvalue weighted by Crippen LogP contribution is -2.43. The van der Waals surface area contributed by atoms with Crippen molar-refractivity contribution in [2.75, 3.05) is 23.3 Å². The molecule has 0 aliphatic carbocycles. The minimum Gasteiger partial charge on any atom is -0.366 e. The number of rotatable bonds is 4. The Balaban J connectivity index is 1.59. The van der Waals surface area contributed by atoms with E-state index < -0.39 is 0 Å². The number of halogens is 1. The average Bonchev–Trinajstić information content (AvgIpc) is 2.73. The number of nitriles is 1. The first-order chi connectivity index (χ1) is 14.0. The fourth-order valence-electron chi connectivity index (χ4n) is 3.87. The fourth-order valence-corrected chi connectivity index (χ4v) is 4.25. The van der Waals surface area contributed by atoms with Crippen LogP contribution >= 0.6 is 15.9 Å². The molecule has 29 heavy (non-hydrogen) atoms. The van der Waals surface area contributed by atoms with Crippen LogP contribution < -0.4 is 10.2 Å². The van der Waals surface area contributed by atoms with Gasteiger partial charge in [-0.3, -0.25) is 0 Å². The van der Waals surface area contributed by atoms with E-state index in [-0.39, 0.29) is 0 Å². The second kappa shape index (κ2) is 8.38. The third-order valence-electron chi connectivity index (χ3n) is 5.37. The molecule has 1 fully saturated rings. The Hall–Kier alpha value is -2.65. The number of benzene rings is 1. The van der Waals surface area contributed by atoms with Crippen LogP contribution in [0.1, 0.15) is 43.7 Å². The van der Waals surface area contributed by atoms with E-state index in [1.165, 1.54) is 10.9 Å². The minimum absolute atomic E-state index is 0.298. The predicted molar refractivity (Wildman–Crippen MR) is 121 cm³/mol.